The summed E-state index contributed by atoms with van der Waals surface area (Å²) in [5.41, 5.74) is 2.12. The highest BCUT2D eigenvalue weighted by Crippen LogP contribution is 2.25. The van der Waals surface area contributed by atoms with Gasteiger partial charge in [0.15, 0.2) is 0 Å². The molecule has 1 saturated heterocycles. The maximum atomic E-state index is 13.2. The standard InChI is InChI=1S/C24H21BrN4O2/c25-21-9-3-1-6-19(21)17-31-22-10-4-2-8-20(22)24(30)29-14-12-28(13-15-29)23-18(16-26)7-5-11-27-23/h1-11H,12-15,17H2. The van der Waals surface area contributed by atoms with Crippen LogP contribution in [0.15, 0.2) is 71.3 Å². The van der Waals surface area contributed by atoms with Crippen molar-refractivity contribution in [2.75, 3.05) is 31.1 Å². The molecule has 3 aromatic rings. The summed E-state index contributed by atoms with van der Waals surface area (Å²) in [5, 5.41) is 9.32. The molecule has 1 aromatic heterocycles. The number of benzene rings is 2. The minimum Gasteiger partial charge on any atom is -0.488 e. The number of para-hydroxylation sites is 1. The number of amides is 1. The molecular formula is C24H21BrN4O2. The zero-order chi connectivity index (χ0) is 21.6. The molecule has 1 aliphatic heterocycles. The van der Waals surface area contributed by atoms with Crippen molar-refractivity contribution in [3.8, 4) is 11.8 Å². The first kappa shape index (κ1) is 20.9. The molecule has 156 valence electrons. The maximum absolute atomic E-state index is 13.2. The van der Waals surface area contributed by atoms with Crippen LogP contribution in [0.2, 0.25) is 0 Å². The molecule has 0 atom stereocenters. The Morgan fingerprint density at radius 2 is 1.77 bits per heavy atom. The van der Waals surface area contributed by atoms with Crippen LogP contribution in [0.25, 0.3) is 0 Å². The number of carbonyl (C=O) groups is 1. The maximum Gasteiger partial charge on any atom is 0.257 e. The van der Waals surface area contributed by atoms with E-state index in [0.717, 1.165) is 10.0 Å². The van der Waals surface area contributed by atoms with Gasteiger partial charge in [-0.25, -0.2) is 4.98 Å². The van der Waals surface area contributed by atoms with Crippen molar-refractivity contribution in [1.29, 1.82) is 5.26 Å². The largest absolute Gasteiger partial charge is 0.488 e. The van der Waals surface area contributed by atoms with Crippen LogP contribution in [0.3, 0.4) is 0 Å². The molecule has 0 saturated carbocycles. The third kappa shape index (κ3) is 4.70. The number of aromatic nitrogens is 1. The highest BCUT2D eigenvalue weighted by atomic mass is 79.9. The van der Waals surface area contributed by atoms with Crippen LogP contribution in [-0.4, -0.2) is 42.0 Å². The van der Waals surface area contributed by atoms with Gasteiger partial charge in [0, 0.05) is 42.4 Å². The number of ether oxygens (including phenoxy) is 1. The van der Waals surface area contributed by atoms with E-state index in [9.17, 15) is 10.1 Å². The van der Waals surface area contributed by atoms with Gasteiger partial charge in [0.25, 0.3) is 5.91 Å². The second-order valence-electron chi connectivity index (χ2n) is 7.14. The number of hydrogen-bond donors (Lipinski definition) is 0. The van der Waals surface area contributed by atoms with Gasteiger partial charge in [-0.1, -0.05) is 46.3 Å². The zero-order valence-corrected chi connectivity index (χ0v) is 18.5. The lowest BCUT2D eigenvalue weighted by Crippen LogP contribution is -2.49. The SMILES string of the molecule is N#Cc1cccnc1N1CCN(C(=O)c2ccccc2OCc2ccccc2Br)CC1. The van der Waals surface area contributed by atoms with E-state index in [1.165, 1.54) is 0 Å². The summed E-state index contributed by atoms with van der Waals surface area (Å²) >= 11 is 3.53. The molecule has 0 spiro atoms. The van der Waals surface area contributed by atoms with Gasteiger partial charge in [-0.2, -0.15) is 5.26 Å². The summed E-state index contributed by atoms with van der Waals surface area (Å²) < 4.78 is 6.98. The van der Waals surface area contributed by atoms with E-state index in [2.05, 4.69) is 31.9 Å². The number of hydrogen-bond acceptors (Lipinski definition) is 5. The predicted octanol–water partition coefficient (Wildman–Crippen LogP) is 4.26. The molecule has 0 unspecified atom stereocenters. The highest BCUT2D eigenvalue weighted by Gasteiger charge is 2.25. The van der Waals surface area contributed by atoms with Crippen molar-refractivity contribution in [3.05, 3.63) is 88.0 Å². The molecule has 7 heteroatoms. The lowest BCUT2D eigenvalue weighted by Gasteiger charge is -2.35. The van der Waals surface area contributed by atoms with Crippen LogP contribution < -0.4 is 9.64 Å². The molecule has 2 aromatic carbocycles. The van der Waals surface area contributed by atoms with Crippen molar-refractivity contribution < 1.29 is 9.53 Å². The summed E-state index contributed by atoms with van der Waals surface area (Å²) in [6.07, 6.45) is 1.69. The summed E-state index contributed by atoms with van der Waals surface area (Å²) in [6, 6.07) is 20.9. The third-order valence-electron chi connectivity index (χ3n) is 5.23. The van der Waals surface area contributed by atoms with Gasteiger partial charge < -0.3 is 14.5 Å². The highest BCUT2D eigenvalue weighted by molar-refractivity contribution is 9.10. The normalized spacial score (nSPS) is 13.5. The Morgan fingerprint density at radius 1 is 1.03 bits per heavy atom. The van der Waals surface area contributed by atoms with Gasteiger partial charge in [-0.15, -0.1) is 0 Å². The third-order valence-corrected chi connectivity index (χ3v) is 6.01. The first-order valence-corrected chi connectivity index (χ1v) is 10.8. The molecule has 2 heterocycles. The van der Waals surface area contributed by atoms with Crippen molar-refractivity contribution in [1.82, 2.24) is 9.88 Å². The summed E-state index contributed by atoms with van der Waals surface area (Å²) in [4.78, 5) is 21.4. The van der Waals surface area contributed by atoms with Gasteiger partial charge in [0.05, 0.1) is 11.1 Å². The monoisotopic (exact) mass is 476 g/mol. The Morgan fingerprint density at radius 3 is 2.55 bits per heavy atom. The molecule has 6 nitrogen and oxygen atoms in total. The number of rotatable bonds is 5. The number of piperazine rings is 1. The van der Waals surface area contributed by atoms with Crippen LogP contribution in [0.5, 0.6) is 5.75 Å². The van der Waals surface area contributed by atoms with E-state index >= 15 is 0 Å². The topological polar surface area (TPSA) is 69.5 Å². The van der Waals surface area contributed by atoms with Gasteiger partial charge in [0.2, 0.25) is 0 Å². The molecule has 0 bridgehead atoms. The Bertz CT molecular complexity index is 1120. The number of anilines is 1. The molecule has 0 aliphatic carbocycles. The van der Waals surface area contributed by atoms with Gasteiger partial charge in [-0.05, 0) is 30.3 Å². The molecule has 0 N–H and O–H groups in total. The van der Waals surface area contributed by atoms with Crippen LogP contribution >= 0.6 is 15.9 Å². The van der Waals surface area contributed by atoms with Crippen LogP contribution in [0, 0.1) is 11.3 Å². The van der Waals surface area contributed by atoms with E-state index in [0.29, 0.717) is 55.5 Å². The first-order chi connectivity index (χ1) is 15.2. The fraction of sp³-hybridized carbons (Fsp3) is 0.208. The van der Waals surface area contributed by atoms with E-state index in [-0.39, 0.29) is 5.91 Å². The van der Waals surface area contributed by atoms with Crippen molar-refractivity contribution in [3.63, 3.8) is 0 Å². The lowest BCUT2D eigenvalue weighted by atomic mass is 10.1. The van der Waals surface area contributed by atoms with Crippen molar-refractivity contribution >= 4 is 27.7 Å². The van der Waals surface area contributed by atoms with Crippen LogP contribution in [0.1, 0.15) is 21.5 Å². The Labute approximate surface area is 189 Å². The van der Waals surface area contributed by atoms with E-state index in [4.69, 9.17) is 4.74 Å². The number of halogens is 1. The van der Waals surface area contributed by atoms with E-state index in [1.807, 2.05) is 47.4 Å². The lowest BCUT2D eigenvalue weighted by molar-refractivity contribution is 0.0741. The summed E-state index contributed by atoms with van der Waals surface area (Å²) in [7, 11) is 0. The molecule has 4 rings (SSSR count). The van der Waals surface area contributed by atoms with Gasteiger partial charge in [0.1, 0.15) is 24.2 Å². The van der Waals surface area contributed by atoms with Crippen molar-refractivity contribution in [2.45, 2.75) is 6.61 Å². The van der Waals surface area contributed by atoms with Crippen LogP contribution in [0.4, 0.5) is 5.82 Å². The average Bonchev–Trinajstić information content (AvgIpc) is 2.83. The van der Waals surface area contributed by atoms with Crippen LogP contribution in [-0.2, 0) is 6.61 Å². The molecule has 1 aliphatic rings. The Kier molecular flexibility index (Phi) is 6.48. The van der Waals surface area contributed by atoms with Crippen molar-refractivity contribution in [2.24, 2.45) is 0 Å². The smallest absolute Gasteiger partial charge is 0.257 e. The Balaban J connectivity index is 1.44. The second-order valence-corrected chi connectivity index (χ2v) is 8.00. The molecule has 31 heavy (non-hydrogen) atoms. The number of pyridine rings is 1. The van der Waals surface area contributed by atoms with E-state index in [1.54, 1.807) is 24.4 Å². The van der Waals surface area contributed by atoms with Gasteiger partial charge in [-0.3, -0.25) is 4.79 Å². The first-order valence-electron chi connectivity index (χ1n) is 10.0. The molecule has 1 fully saturated rings. The summed E-state index contributed by atoms with van der Waals surface area (Å²) in [5.74, 6) is 1.19. The molecule has 1 amide bonds. The number of carbonyl (C=O) groups excluding carboxylic acids is 1. The molecule has 0 radical (unpaired) electrons. The molecular weight excluding hydrogens is 456 g/mol. The number of nitriles is 1. The summed E-state index contributed by atoms with van der Waals surface area (Å²) in [6.45, 7) is 2.72. The average molecular weight is 477 g/mol. The predicted molar refractivity (Wildman–Crippen MR) is 122 cm³/mol. The minimum atomic E-state index is -0.0519. The minimum absolute atomic E-state index is 0.0519. The van der Waals surface area contributed by atoms with Gasteiger partial charge >= 0.3 is 0 Å². The zero-order valence-electron chi connectivity index (χ0n) is 16.9. The fourth-order valence-electron chi connectivity index (χ4n) is 3.57. The fourth-order valence-corrected chi connectivity index (χ4v) is 3.97. The number of nitrogens with zero attached hydrogens (tertiary/aromatic N) is 4. The van der Waals surface area contributed by atoms with E-state index < -0.39 is 0 Å². The Hall–Kier alpha value is -3.37. The second kappa shape index (κ2) is 9.63. The quantitative estimate of drug-likeness (QED) is 0.550.